The summed E-state index contributed by atoms with van der Waals surface area (Å²) in [7, 11) is 0. The molecule has 6 heteroatoms. The Balaban J connectivity index is 0.000000224. The van der Waals surface area contributed by atoms with E-state index >= 15 is 0 Å². The van der Waals surface area contributed by atoms with Gasteiger partial charge in [-0.05, 0) is 138 Å². The molecule has 1 aromatic carbocycles. The van der Waals surface area contributed by atoms with E-state index in [2.05, 4.69) is 123 Å². The molecule has 8 bridgehead atoms. The summed E-state index contributed by atoms with van der Waals surface area (Å²) in [5.41, 5.74) is 18.1. The van der Waals surface area contributed by atoms with Gasteiger partial charge in [-0.3, -0.25) is 4.98 Å². The molecule has 0 aliphatic carbocycles. The highest BCUT2D eigenvalue weighted by molar-refractivity contribution is 7.22. The molecule has 51 heavy (non-hydrogen) atoms. The van der Waals surface area contributed by atoms with Crippen LogP contribution >= 0.6 is 11.3 Å². The molecular formula is C45H47N5S. The number of aromatic nitrogens is 5. The largest absolute Gasteiger partial charge is 0.355 e. The first-order chi connectivity index (χ1) is 25.0. The molecule has 6 aromatic rings. The van der Waals surface area contributed by atoms with Crippen molar-refractivity contribution >= 4 is 65.8 Å². The molecular weight excluding hydrogens is 643 g/mol. The highest BCUT2D eigenvalue weighted by atomic mass is 32.1. The van der Waals surface area contributed by atoms with Crippen molar-refractivity contribution < 1.29 is 0 Å². The van der Waals surface area contributed by atoms with Gasteiger partial charge in [-0.15, -0.1) is 11.3 Å². The van der Waals surface area contributed by atoms with E-state index < -0.39 is 0 Å². The summed E-state index contributed by atoms with van der Waals surface area (Å²) in [6.07, 6.45) is 7.70. The van der Waals surface area contributed by atoms with Crippen LogP contribution in [0.5, 0.6) is 0 Å². The lowest BCUT2D eigenvalue weighted by atomic mass is 9.99. The molecule has 5 aromatic heterocycles. The summed E-state index contributed by atoms with van der Waals surface area (Å²) < 4.78 is 1.32. The monoisotopic (exact) mass is 689 g/mol. The highest BCUT2D eigenvalue weighted by Gasteiger charge is 2.20. The first-order valence-corrected chi connectivity index (χ1v) is 19.4. The van der Waals surface area contributed by atoms with Crippen molar-refractivity contribution in [3.8, 4) is 10.6 Å². The number of nitrogens with zero attached hydrogens (tertiary/aromatic N) is 3. The number of thiophene rings is 1. The van der Waals surface area contributed by atoms with Crippen molar-refractivity contribution in [3.63, 3.8) is 0 Å². The van der Waals surface area contributed by atoms with Crippen molar-refractivity contribution in [2.75, 3.05) is 0 Å². The Labute approximate surface area is 305 Å². The van der Waals surface area contributed by atoms with Gasteiger partial charge in [0, 0.05) is 33.0 Å². The number of benzene rings is 1. The van der Waals surface area contributed by atoms with Gasteiger partial charge in [0.2, 0.25) is 0 Å². The number of hydrogen-bond acceptors (Lipinski definition) is 4. The van der Waals surface area contributed by atoms with Gasteiger partial charge in [-0.25, -0.2) is 9.97 Å². The molecule has 0 fully saturated rings. The molecule has 0 unspecified atom stereocenters. The summed E-state index contributed by atoms with van der Waals surface area (Å²) in [5.74, 6) is 0. The number of aromatic amines is 2. The van der Waals surface area contributed by atoms with Gasteiger partial charge in [-0.2, -0.15) is 0 Å². The summed E-state index contributed by atoms with van der Waals surface area (Å²) >= 11 is 1.79. The van der Waals surface area contributed by atoms with Crippen molar-refractivity contribution in [1.82, 2.24) is 24.9 Å². The summed E-state index contributed by atoms with van der Waals surface area (Å²) in [6.45, 7) is 13.5. The molecule has 2 N–H and O–H groups in total. The number of pyridine rings is 1. The maximum Gasteiger partial charge on any atom is 0.0802 e. The lowest BCUT2D eigenvalue weighted by molar-refractivity contribution is 1.07. The first kappa shape index (κ1) is 34.4. The van der Waals surface area contributed by atoms with Crippen LogP contribution in [0.25, 0.3) is 65.0 Å². The summed E-state index contributed by atoms with van der Waals surface area (Å²) in [5, 5.41) is 1.29. The van der Waals surface area contributed by atoms with Crippen LogP contribution < -0.4 is 0 Å². The van der Waals surface area contributed by atoms with Crippen molar-refractivity contribution in [2.24, 2.45) is 0 Å². The van der Waals surface area contributed by atoms with E-state index in [1.54, 1.807) is 11.3 Å². The van der Waals surface area contributed by atoms with Crippen LogP contribution in [-0.2, 0) is 12.8 Å². The van der Waals surface area contributed by atoms with Gasteiger partial charge in [0.15, 0.2) is 0 Å². The summed E-state index contributed by atoms with van der Waals surface area (Å²) in [4.78, 5) is 23.3. The zero-order valence-electron chi connectivity index (χ0n) is 30.7. The Bertz CT molecular complexity index is 2290. The Morgan fingerprint density at radius 3 is 1.47 bits per heavy atom. The van der Waals surface area contributed by atoms with E-state index in [0.29, 0.717) is 0 Å². The van der Waals surface area contributed by atoms with Crippen molar-refractivity contribution in [2.45, 2.75) is 80.1 Å². The van der Waals surface area contributed by atoms with Crippen LogP contribution in [0.2, 0.25) is 0 Å². The van der Waals surface area contributed by atoms with E-state index in [9.17, 15) is 0 Å². The number of H-pyrrole nitrogens is 2. The molecule has 0 radical (unpaired) electrons. The van der Waals surface area contributed by atoms with Gasteiger partial charge >= 0.3 is 0 Å². The van der Waals surface area contributed by atoms with Crippen LogP contribution in [0.4, 0.5) is 0 Å². The van der Waals surface area contributed by atoms with E-state index in [-0.39, 0.29) is 0 Å². The minimum atomic E-state index is 0.972. The molecule has 0 saturated heterocycles. The zero-order chi connectivity index (χ0) is 35.5. The van der Waals surface area contributed by atoms with E-state index in [4.69, 9.17) is 9.97 Å². The number of allylic oxidation sites excluding steroid dienone is 4. The third kappa shape index (κ3) is 6.73. The third-order valence-electron chi connectivity index (χ3n) is 10.1. The van der Waals surface area contributed by atoms with Crippen LogP contribution in [0, 0.1) is 0 Å². The first-order valence-electron chi connectivity index (χ1n) is 18.6. The third-order valence-corrected chi connectivity index (χ3v) is 11.2. The molecule has 0 amide bonds. The molecule has 7 heterocycles. The predicted octanol–water partition coefficient (Wildman–Crippen LogP) is 12.9. The zero-order valence-corrected chi connectivity index (χ0v) is 31.5. The second-order valence-electron chi connectivity index (χ2n) is 13.0. The lowest BCUT2D eigenvalue weighted by Crippen LogP contribution is -1.87. The molecule has 0 saturated carbocycles. The molecule has 5 nitrogen and oxygen atoms in total. The van der Waals surface area contributed by atoms with Gasteiger partial charge in [0.1, 0.15) is 0 Å². The van der Waals surface area contributed by atoms with Crippen LogP contribution in [0.15, 0.2) is 91.1 Å². The lowest BCUT2D eigenvalue weighted by Gasteiger charge is -2.03. The maximum atomic E-state index is 5.16. The fraction of sp³-hybridized carbons (Fsp3) is 0.267. The molecule has 8 rings (SSSR count). The van der Waals surface area contributed by atoms with Crippen LogP contribution in [0.1, 0.15) is 101 Å². The van der Waals surface area contributed by atoms with Crippen molar-refractivity contribution in [3.05, 3.63) is 125 Å². The quantitative estimate of drug-likeness (QED) is 0.175. The normalized spacial score (nSPS) is 12.8. The van der Waals surface area contributed by atoms with Crippen LogP contribution in [0.3, 0.4) is 0 Å². The number of rotatable bonds is 7. The minimum Gasteiger partial charge on any atom is -0.355 e. The molecule has 258 valence electrons. The smallest absolute Gasteiger partial charge is 0.0802 e. The fourth-order valence-electron chi connectivity index (χ4n) is 7.66. The Hall–Kier alpha value is -5.07. The number of fused-ring (bicyclic) bond motifs is 9. The topological polar surface area (TPSA) is 70.2 Å². The fourth-order valence-corrected chi connectivity index (χ4v) is 8.70. The van der Waals surface area contributed by atoms with E-state index in [1.807, 2.05) is 24.4 Å². The summed E-state index contributed by atoms with van der Waals surface area (Å²) in [6, 6.07) is 29.9. The van der Waals surface area contributed by atoms with Gasteiger partial charge in [-0.1, -0.05) is 65.8 Å². The minimum absolute atomic E-state index is 0.972. The van der Waals surface area contributed by atoms with E-state index in [0.717, 1.165) is 78.0 Å². The Morgan fingerprint density at radius 1 is 0.490 bits per heavy atom. The average Bonchev–Trinajstić information content (AvgIpc) is 3.98. The second-order valence-corrected chi connectivity index (χ2v) is 14.1. The standard InChI is InChI=1S/C32H38N4.C13H9NS/c1-7-21-23(9-3)29-17-31-25(11-5)26(12-6)32(36-31)18-30-24(10-4)22(8-2)28(35-30)16-20-14-13-19(33-20)15-27(21)34-29;1-2-7-12-10(5-1)9-13(15-12)11-6-3-4-8-14-11/h13-18,33,36H,7-12H2,1-6H3;1-9H. The Kier molecular flexibility index (Phi) is 10.1. The van der Waals surface area contributed by atoms with E-state index in [1.165, 1.54) is 59.4 Å². The average molecular weight is 690 g/mol. The molecule has 0 atom stereocenters. The number of hydrogen-bond donors (Lipinski definition) is 2. The number of aryl methyl sites for hydroxylation is 2. The maximum absolute atomic E-state index is 5.16. The molecule has 2 aliphatic rings. The second kappa shape index (κ2) is 15.0. The van der Waals surface area contributed by atoms with Gasteiger partial charge < -0.3 is 9.97 Å². The molecule has 0 spiro atoms. The van der Waals surface area contributed by atoms with Gasteiger partial charge in [0.05, 0.1) is 33.3 Å². The Morgan fingerprint density at radius 2 is 1.00 bits per heavy atom. The number of nitrogens with one attached hydrogen (secondary N) is 2. The van der Waals surface area contributed by atoms with Gasteiger partial charge in [0.25, 0.3) is 0 Å². The van der Waals surface area contributed by atoms with Crippen molar-refractivity contribution in [1.29, 1.82) is 0 Å². The predicted molar refractivity (Wildman–Crippen MR) is 220 cm³/mol. The highest BCUT2D eigenvalue weighted by Crippen LogP contribution is 2.38. The molecule has 2 aliphatic heterocycles. The van der Waals surface area contributed by atoms with Crippen LogP contribution in [-0.4, -0.2) is 24.9 Å². The SMILES string of the molecule is CCC1=C(CC)c2cc3[nH]c(cc4nc(cc5ccc(cc1n2)[nH]5)C(CC)=C4CC)c(CC)c3CC.c1ccc(-c2cc3ccccc3s2)nc1.